The summed E-state index contributed by atoms with van der Waals surface area (Å²) in [5.41, 5.74) is 0.864. The molecule has 1 aromatic heterocycles. The number of hydrogen-bond acceptors (Lipinski definition) is 3. The average Bonchev–Trinajstić information content (AvgIpc) is 2.70. The van der Waals surface area contributed by atoms with E-state index in [4.69, 9.17) is 0 Å². The fourth-order valence-corrected chi connectivity index (χ4v) is 2.58. The fraction of sp³-hybridized carbons (Fsp3) is 0.286. The van der Waals surface area contributed by atoms with Crippen LogP contribution in [0.4, 0.5) is 10.2 Å². The average molecular weight is 293 g/mol. The first-order chi connectivity index (χ1) is 9.54. The van der Waals surface area contributed by atoms with E-state index in [0.717, 1.165) is 10.6 Å². The minimum atomic E-state index is -0.251. The van der Waals surface area contributed by atoms with Crippen LogP contribution in [-0.2, 0) is 11.8 Å². The van der Waals surface area contributed by atoms with Crippen LogP contribution in [0, 0.1) is 12.7 Å². The van der Waals surface area contributed by atoms with Crippen molar-refractivity contribution in [1.82, 2.24) is 9.78 Å². The Hall–Kier alpha value is -1.82. The van der Waals surface area contributed by atoms with Crippen LogP contribution in [0.1, 0.15) is 12.1 Å². The molecule has 106 valence electrons. The van der Waals surface area contributed by atoms with Crippen molar-refractivity contribution in [3.63, 3.8) is 0 Å². The zero-order valence-corrected chi connectivity index (χ0v) is 12.2. The van der Waals surface area contributed by atoms with Gasteiger partial charge in [0.05, 0.1) is 5.69 Å². The Morgan fingerprint density at radius 3 is 2.70 bits per heavy atom. The molecule has 0 saturated heterocycles. The van der Waals surface area contributed by atoms with E-state index in [0.29, 0.717) is 18.0 Å². The van der Waals surface area contributed by atoms with E-state index in [-0.39, 0.29) is 11.7 Å². The topological polar surface area (TPSA) is 46.9 Å². The van der Waals surface area contributed by atoms with E-state index in [2.05, 4.69) is 10.4 Å². The van der Waals surface area contributed by atoms with Gasteiger partial charge in [0.1, 0.15) is 11.6 Å². The number of benzene rings is 1. The number of carbonyl (C=O) groups is 1. The van der Waals surface area contributed by atoms with Gasteiger partial charge in [0, 0.05) is 30.2 Å². The highest BCUT2D eigenvalue weighted by atomic mass is 32.2. The molecule has 0 aliphatic heterocycles. The van der Waals surface area contributed by atoms with E-state index in [9.17, 15) is 9.18 Å². The number of nitrogens with zero attached hydrogens (tertiary/aromatic N) is 2. The Morgan fingerprint density at radius 2 is 2.10 bits per heavy atom. The highest BCUT2D eigenvalue weighted by Gasteiger charge is 2.07. The van der Waals surface area contributed by atoms with Crippen LogP contribution >= 0.6 is 11.8 Å². The molecule has 20 heavy (non-hydrogen) atoms. The van der Waals surface area contributed by atoms with Crippen LogP contribution < -0.4 is 5.32 Å². The standard InChI is InChI=1S/C14H16FN3OS/c1-10-9-13(18(2)17-10)16-14(19)7-8-20-12-5-3-11(15)4-6-12/h3-6,9H,7-8H2,1-2H3,(H,16,19). The van der Waals surface area contributed by atoms with Crippen molar-refractivity contribution < 1.29 is 9.18 Å². The van der Waals surface area contributed by atoms with Crippen LogP contribution in [0.3, 0.4) is 0 Å². The summed E-state index contributed by atoms with van der Waals surface area (Å²) in [6, 6.07) is 8.08. The number of anilines is 1. The maximum Gasteiger partial charge on any atom is 0.226 e. The summed E-state index contributed by atoms with van der Waals surface area (Å²) in [7, 11) is 1.79. The molecule has 0 fully saturated rings. The molecule has 2 aromatic rings. The molecule has 0 radical (unpaired) electrons. The molecule has 0 atom stereocenters. The van der Waals surface area contributed by atoms with Crippen LogP contribution in [-0.4, -0.2) is 21.4 Å². The monoisotopic (exact) mass is 293 g/mol. The Kier molecular flexibility index (Phi) is 4.79. The second kappa shape index (κ2) is 6.56. The van der Waals surface area contributed by atoms with Gasteiger partial charge in [0.25, 0.3) is 0 Å². The SMILES string of the molecule is Cc1cc(NC(=O)CCSc2ccc(F)cc2)n(C)n1. The Labute approximate surface area is 121 Å². The number of thioether (sulfide) groups is 1. The number of aromatic nitrogens is 2. The quantitative estimate of drug-likeness (QED) is 0.862. The van der Waals surface area contributed by atoms with Crippen molar-refractivity contribution in [2.75, 3.05) is 11.1 Å². The van der Waals surface area contributed by atoms with Crippen molar-refractivity contribution in [2.45, 2.75) is 18.2 Å². The van der Waals surface area contributed by atoms with Crippen LogP contribution in [0.2, 0.25) is 0 Å². The molecular weight excluding hydrogens is 277 g/mol. The van der Waals surface area contributed by atoms with Gasteiger partial charge in [-0.1, -0.05) is 0 Å². The van der Waals surface area contributed by atoms with Gasteiger partial charge in [-0.3, -0.25) is 9.48 Å². The van der Waals surface area contributed by atoms with Crippen molar-refractivity contribution >= 4 is 23.5 Å². The number of nitrogens with one attached hydrogen (secondary N) is 1. The van der Waals surface area contributed by atoms with Gasteiger partial charge in [-0.15, -0.1) is 11.8 Å². The molecule has 0 spiro atoms. The molecule has 0 unspecified atom stereocenters. The lowest BCUT2D eigenvalue weighted by atomic mass is 10.4. The minimum absolute atomic E-state index is 0.0531. The summed E-state index contributed by atoms with van der Waals surface area (Å²) >= 11 is 1.53. The highest BCUT2D eigenvalue weighted by molar-refractivity contribution is 7.99. The van der Waals surface area contributed by atoms with E-state index in [1.54, 1.807) is 23.9 Å². The Morgan fingerprint density at radius 1 is 1.40 bits per heavy atom. The third-order valence-corrected chi connectivity index (χ3v) is 3.69. The lowest BCUT2D eigenvalue weighted by molar-refractivity contribution is -0.115. The molecular formula is C14H16FN3OS. The van der Waals surface area contributed by atoms with Gasteiger partial charge in [-0.25, -0.2) is 4.39 Å². The molecule has 1 aromatic carbocycles. The summed E-state index contributed by atoms with van der Waals surface area (Å²) < 4.78 is 14.4. The molecule has 1 heterocycles. The van der Waals surface area contributed by atoms with E-state index in [1.165, 1.54) is 23.9 Å². The van der Waals surface area contributed by atoms with Crippen LogP contribution in [0.5, 0.6) is 0 Å². The zero-order chi connectivity index (χ0) is 14.5. The van der Waals surface area contributed by atoms with Crippen molar-refractivity contribution in [2.24, 2.45) is 7.05 Å². The molecule has 2 rings (SSSR count). The molecule has 0 aliphatic carbocycles. The summed E-state index contributed by atoms with van der Waals surface area (Å²) in [6.07, 6.45) is 0.395. The van der Waals surface area contributed by atoms with Gasteiger partial charge in [0.15, 0.2) is 0 Å². The van der Waals surface area contributed by atoms with E-state index < -0.39 is 0 Å². The maximum absolute atomic E-state index is 12.7. The lowest BCUT2D eigenvalue weighted by Crippen LogP contribution is -2.14. The number of carbonyl (C=O) groups excluding carboxylic acids is 1. The molecule has 4 nitrogen and oxygen atoms in total. The van der Waals surface area contributed by atoms with Crippen molar-refractivity contribution in [3.8, 4) is 0 Å². The second-order valence-corrected chi connectivity index (χ2v) is 5.56. The number of rotatable bonds is 5. The first-order valence-electron chi connectivity index (χ1n) is 6.23. The van der Waals surface area contributed by atoms with Crippen molar-refractivity contribution in [1.29, 1.82) is 0 Å². The lowest BCUT2D eigenvalue weighted by Gasteiger charge is -2.05. The molecule has 1 N–H and O–H groups in total. The third kappa shape index (κ3) is 4.09. The first-order valence-corrected chi connectivity index (χ1v) is 7.22. The summed E-state index contributed by atoms with van der Waals surface area (Å²) in [5, 5.41) is 6.98. The van der Waals surface area contributed by atoms with Gasteiger partial charge in [0.2, 0.25) is 5.91 Å². The molecule has 1 amide bonds. The van der Waals surface area contributed by atoms with E-state index in [1.807, 2.05) is 13.0 Å². The molecule has 0 aliphatic rings. The number of hydrogen-bond donors (Lipinski definition) is 1. The Balaban J connectivity index is 1.78. The molecule has 6 heteroatoms. The predicted octanol–water partition coefficient (Wildman–Crippen LogP) is 2.99. The normalized spacial score (nSPS) is 10.6. The smallest absolute Gasteiger partial charge is 0.226 e. The minimum Gasteiger partial charge on any atom is -0.311 e. The molecule has 0 bridgehead atoms. The fourth-order valence-electron chi connectivity index (χ4n) is 1.73. The largest absolute Gasteiger partial charge is 0.311 e. The Bertz CT molecular complexity index is 595. The summed E-state index contributed by atoms with van der Waals surface area (Å²) in [4.78, 5) is 12.7. The highest BCUT2D eigenvalue weighted by Crippen LogP contribution is 2.19. The summed E-state index contributed by atoms with van der Waals surface area (Å²) in [5.74, 6) is 1.04. The van der Waals surface area contributed by atoms with Gasteiger partial charge in [-0.05, 0) is 31.2 Å². The number of halogens is 1. The summed E-state index contributed by atoms with van der Waals surface area (Å²) in [6.45, 7) is 1.88. The zero-order valence-electron chi connectivity index (χ0n) is 11.4. The van der Waals surface area contributed by atoms with Gasteiger partial charge in [-0.2, -0.15) is 5.10 Å². The van der Waals surface area contributed by atoms with Crippen molar-refractivity contribution in [3.05, 3.63) is 41.8 Å². The van der Waals surface area contributed by atoms with Gasteiger partial charge < -0.3 is 5.32 Å². The number of aryl methyl sites for hydroxylation is 2. The number of amides is 1. The van der Waals surface area contributed by atoms with Gasteiger partial charge >= 0.3 is 0 Å². The first kappa shape index (κ1) is 14.6. The van der Waals surface area contributed by atoms with Crippen LogP contribution in [0.25, 0.3) is 0 Å². The predicted molar refractivity (Wildman–Crippen MR) is 78.3 cm³/mol. The van der Waals surface area contributed by atoms with Crippen LogP contribution in [0.15, 0.2) is 35.2 Å². The molecule has 0 saturated carbocycles. The third-order valence-electron chi connectivity index (χ3n) is 2.68. The second-order valence-electron chi connectivity index (χ2n) is 4.40. The van der Waals surface area contributed by atoms with E-state index >= 15 is 0 Å². The maximum atomic E-state index is 12.7.